The zero-order chi connectivity index (χ0) is 9.14. The molecule has 0 saturated heterocycles. The molecule has 0 amide bonds. The van der Waals surface area contributed by atoms with Gasteiger partial charge in [0.25, 0.3) is 0 Å². The highest BCUT2D eigenvalue weighted by molar-refractivity contribution is 5.82. The molecule has 12 heavy (non-hydrogen) atoms. The van der Waals surface area contributed by atoms with E-state index in [1.165, 1.54) is 13.1 Å². The van der Waals surface area contributed by atoms with Crippen LogP contribution in [0.5, 0.6) is 0 Å². The van der Waals surface area contributed by atoms with Crippen molar-refractivity contribution >= 4 is 11.5 Å². The minimum atomic E-state index is -0.610. The number of nitrogens with zero attached hydrogens (tertiary/aromatic N) is 1. The van der Waals surface area contributed by atoms with Gasteiger partial charge in [-0.2, -0.15) is 0 Å². The lowest BCUT2D eigenvalue weighted by Gasteiger charge is -2.07. The second-order valence-electron chi connectivity index (χ2n) is 2.64. The fraction of sp³-hybridized carbons (Fsp3) is 0.250. The Labute approximate surface area is 70.6 Å². The Morgan fingerprint density at radius 3 is 2.75 bits per heavy atom. The molecule has 0 aliphatic rings. The lowest BCUT2D eigenvalue weighted by Crippen LogP contribution is -2.18. The number of rotatable bonds is 2. The van der Waals surface area contributed by atoms with Gasteiger partial charge in [0, 0.05) is 12.4 Å². The van der Waals surface area contributed by atoms with Gasteiger partial charge in [-0.05, 0) is 18.6 Å². The van der Waals surface area contributed by atoms with Crippen LogP contribution in [0.4, 0.5) is 5.69 Å². The Hall–Kier alpha value is -1.42. The predicted molar refractivity (Wildman–Crippen MR) is 46.3 cm³/mol. The van der Waals surface area contributed by atoms with Crippen molar-refractivity contribution in [3.8, 4) is 0 Å². The van der Waals surface area contributed by atoms with Gasteiger partial charge < -0.3 is 11.5 Å². The third-order valence-corrected chi connectivity index (χ3v) is 1.58. The molecule has 0 spiro atoms. The molecule has 1 aromatic rings. The molecule has 0 fully saturated rings. The average Bonchev–Trinajstić information content (AvgIpc) is 2.03. The molecule has 0 radical (unpaired) electrons. The minimum absolute atomic E-state index is 0.0950. The summed E-state index contributed by atoms with van der Waals surface area (Å²) < 4.78 is 0. The molecule has 4 heteroatoms. The summed E-state index contributed by atoms with van der Waals surface area (Å²) in [4.78, 5) is 14.7. The lowest BCUT2D eigenvalue weighted by molar-refractivity contribution is -0.118. The van der Waals surface area contributed by atoms with Crippen molar-refractivity contribution in [1.82, 2.24) is 4.98 Å². The second kappa shape index (κ2) is 3.32. The van der Waals surface area contributed by atoms with Crippen molar-refractivity contribution in [2.75, 3.05) is 5.73 Å². The fourth-order valence-corrected chi connectivity index (χ4v) is 0.881. The molecular formula is C8H11N3O. The number of ketones is 1. The number of hydrogen-bond acceptors (Lipinski definition) is 4. The van der Waals surface area contributed by atoms with E-state index in [-0.39, 0.29) is 5.78 Å². The van der Waals surface area contributed by atoms with Crippen molar-refractivity contribution in [1.29, 1.82) is 0 Å². The zero-order valence-electron chi connectivity index (χ0n) is 6.82. The van der Waals surface area contributed by atoms with Crippen molar-refractivity contribution in [3.63, 3.8) is 0 Å². The number of carbonyl (C=O) groups is 1. The number of nitrogen functional groups attached to an aromatic ring is 1. The van der Waals surface area contributed by atoms with E-state index in [9.17, 15) is 4.79 Å². The molecular weight excluding hydrogens is 154 g/mol. The number of anilines is 1. The zero-order valence-corrected chi connectivity index (χ0v) is 6.82. The van der Waals surface area contributed by atoms with E-state index in [0.717, 1.165) is 0 Å². The maximum Gasteiger partial charge on any atom is 0.151 e. The first-order valence-electron chi connectivity index (χ1n) is 3.57. The molecule has 0 saturated carbocycles. The van der Waals surface area contributed by atoms with Crippen LogP contribution in [0.15, 0.2) is 18.5 Å². The molecule has 1 atom stereocenters. The van der Waals surface area contributed by atoms with Crippen LogP contribution in [0.2, 0.25) is 0 Å². The molecule has 1 aromatic heterocycles. The first kappa shape index (κ1) is 8.67. The van der Waals surface area contributed by atoms with Gasteiger partial charge in [0.05, 0.1) is 11.7 Å². The lowest BCUT2D eigenvalue weighted by atomic mass is 10.1. The highest BCUT2D eigenvalue weighted by Gasteiger charge is 2.10. The SMILES string of the molecule is CC(=O)C(N)c1cncc(N)c1. The van der Waals surface area contributed by atoms with Gasteiger partial charge in [0.15, 0.2) is 5.78 Å². The van der Waals surface area contributed by atoms with Crippen LogP contribution in [-0.4, -0.2) is 10.8 Å². The van der Waals surface area contributed by atoms with Crippen LogP contribution in [0.1, 0.15) is 18.5 Å². The van der Waals surface area contributed by atoms with E-state index in [2.05, 4.69) is 4.98 Å². The molecule has 1 rings (SSSR count). The largest absolute Gasteiger partial charge is 0.397 e. The maximum absolute atomic E-state index is 10.9. The third kappa shape index (κ3) is 1.79. The summed E-state index contributed by atoms with van der Waals surface area (Å²) in [5.74, 6) is -0.0950. The van der Waals surface area contributed by atoms with Crippen LogP contribution in [0.25, 0.3) is 0 Å². The smallest absolute Gasteiger partial charge is 0.151 e. The normalized spacial score (nSPS) is 12.5. The topological polar surface area (TPSA) is 82.0 Å². The number of hydrogen-bond donors (Lipinski definition) is 2. The molecule has 64 valence electrons. The second-order valence-corrected chi connectivity index (χ2v) is 2.64. The summed E-state index contributed by atoms with van der Waals surface area (Å²) in [5.41, 5.74) is 12.2. The van der Waals surface area contributed by atoms with Gasteiger partial charge in [0.1, 0.15) is 0 Å². The van der Waals surface area contributed by atoms with Gasteiger partial charge in [0.2, 0.25) is 0 Å². The predicted octanol–water partition coefficient (Wildman–Crippen LogP) is 0.253. The van der Waals surface area contributed by atoms with Crippen LogP contribution >= 0.6 is 0 Å². The Kier molecular flexibility index (Phi) is 2.40. The summed E-state index contributed by atoms with van der Waals surface area (Å²) in [6, 6.07) is 1.04. The highest BCUT2D eigenvalue weighted by atomic mass is 16.1. The summed E-state index contributed by atoms with van der Waals surface area (Å²) in [6.45, 7) is 1.44. The Balaban J connectivity index is 2.95. The van der Waals surface area contributed by atoms with Gasteiger partial charge in [-0.25, -0.2) is 0 Å². The van der Waals surface area contributed by atoms with Crippen molar-refractivity contribution in [3.05, 3.63) is 24.0 Å². The number of carbonyl (C=O) groups excluding carboxylic acids is 1. The fourth-order valence-electron chi connectivity index (χ4n) is 0.881. The van der Waals surface area contributed by atoms with E-state index in [1.54, 1.807) is 12.3 Å². The van der Waals surface area contributed by atoms with E-state index >= 15 is 0 Å². The summed E-state index contributed by atoms with van der Waals surface area (Å²) in [6.07, 6.45) is 3.05. The number of nitrogens with two attached hydrogens (primary N) is 2. The molecule has 0 bridgehead atoms. The number of Topliss-reactive ketones (excluding diaryl/α,β-unsaturated/α-hetero) is 1. The monoisotopic (exact) mass is 165 g/mol. The summed E-state index contributed by atoms with van der Waals surface area (Å²) in [5, 5.41) is 0. The van der Waals surface area contributed by atoms with Crippen molar-refractivity contribution < 1.29 is 4.79 Å². The van der Waals surface area contributed by atoms with Crippen LogP contribution in [-0.2, 0) is 4.79 Å². The number of pyridine rings is 1. The molecule has 0 aromatic carbocycles. The molecule has 1 unspecified atom stereocenters. The standard InChI is InChI=1S/C8H11N3O/c1-5(12)8(10)6-2-7(9)4-11-3-6/h2-4,8H,9-10H2,1H3. The summed E-state index contributed by atoms with van der Waals surface area (Å²) >= 11 is 0. The van der Waals surface area contributed by atoms with Crippen molar-refractivity contribution in [2.45, 2.75) is 13.0 Å². The van der Waals surface area contributed by atoms with E-state index in [4.69, 9.17) is 11.5 Å². The maximum atomic E-state index is 10.9. The van der Waals surface area contributed by atoms with Gasteiger partial charge in [-0.15, -0.1) is 0 Å². The van der Waals surface area contributed by atoms with E-state index in [1.807, 2.05) is 0 Å². The van der Waals surface area contributed by atoms with Crippen LogP contribution < -0.4 is 11.5 Å². The third-order valence-electron chi connectivity index (χ3n) is 1.58. The van der Waals surface area contributed by atoms with Crippen LogP contribution in [0, 0.1) is 0 Å². The molecule has 4 N–H and O–H groups in total. The van der Waals surface area contributed by atoms with E-state index in [0.29, 0.717) is 11.3 Å². The molecule has 4 nitrogen and oxygen atoms in total. The number of aromatic nitrogens is 1. The van der Waals surface area contributed by atoms with Crippen LogP contribution in [0.3, 0.4) is 0 Å². The summed E-state index contributed by atoms with van der Waals surface area (Å²) in [7, 11) is 0. The highest BCUT2D eigenvalue weighted by Crippen LogP contribution is 2.12. The Bertz CT molecular complexity index is 298. The van der Waals surface area contributed by atoms with E-state index < -0.39 is 6.04 Å². The van der Waals surface area contributed by atoms with Crippen molar-refractivity contribution in [2.24, 2.45) is 5.73 Å². The van der Waals surface area contributed by atoms with Gasteiger partial charge in [-0.3, -0.25) is 9.78 Å². The Morgan fingerprint density at radius 1 is 1.58 bits per heavy atom. The van der Waals surface area contributed by atoms with Gasteiger partial charge in [-0.1, -0.05) is 0 Å². The molecule has 1 heterocycles. The first-order chi connectivity index (χ1) is 5.61. The Morgan fingerprint density at radius 2 is 2.25 bits per heavy atom. The first-order valence-corrected chi connectivity index (χ1v) is 3.57. The molecule has 0 aliphatic heterocycles. The average molecular weight is 165 g/mol. The quantitative estimate of drug-likeness (QED) is 0.658. The van der Waals surface area contributed by atoms with Gasteiger partial charge >= 0.3 is 0 Å². The molecule has 0 aliphatic carbocycles. The minimum Gasteiger partial charge on any atom is -0.397 e.